The molecule has 2 atom stereocenters. The molecule has 5 aromatic rings. The third kappa shape index (κ3) is 6.49. The van der Waals surface area contributed by atoms with E-state index in [2.05, 4.69) is 136 Å². The van der Waals surface area contributed by atoms with Crippen LogP contribution in [0.3, 0.4) is 0 Å². The molecule has 52 heavy (non-hydrogen) atoms. The molecule has 4 heteroatoms. The minimum atomic E-state index is -0.147. The Hall–Kier alpha value is -6.00. The van der Waals surface area contributed by atoms with Gasteiger partial charge in [0, 0.05) is 47.6 Å². The van der Waals surface area contributed by atoms with Crippen molar-refractivity contribution in [2.45, 2.75) is 53.6 Å². The number of ketones is 1. The molecule has 0 saturated carbocycles. The molecule has 2 unspecified atom stereocenters. The van der Waals surface area contributed by atoms with Crippen LogP contribution in [0.5, 0.6) is 0 Å². The Kier molecular flexibility index (Phi) is 9.49. The Labute approximate surface area is 307 Å². The zero-order valence-corrected chi connectivity index (χ0v) is 30.8. The van der Waals surface area contributed by atoms with Crippen LogP contribution < -0.4 is 4.90 Å². The lowest BCUT2D eigenvalue weighted by molar-refractivity contribution is -0.486. The average Bonchev–Trinajstić information content (AvgIpc) is 3.15. The second kappa shape index (κ2) is 14.3. The highest BCUT2D eigenvalue weighted by molar-refractivity contribution is 6.39. The first-order chi connectivity index (χ1) is 25.1. The highest BCUT2D eigenvalue weighted by atomic mass is 16.3. The SMILES string of the molecule is Cc1ccc(N(c2ccc(C3=C(O)C(=C4C=CC(=[N+](c5ccc(C)cc5C)C(C)c5ccccc5)C=C4)C3=O)cc2)C(C)c2ccccc2)c(C)c1. The summed E-state index contributed by atoms with van der Waals surface area (Å²) in [5, 5.41) is 11.4. The fourth-order valence-corrected chi connectivity index (χ4v) is 7.57. The Balaban J connectivity index is 1.21. The van der Waals surface area contributed by atoms with Gasteiger partial charge in [-0.25, -0.2) is 0 Å². The number of carbonyl (C=O) groups is 1. The number of benzene rings is 5. The van der Waals surface area contributed by atoms with E-state index in [1.807, 2.05) is 60.7 Å². The average molecular weight is 682 g/mol. The molecule has 0 spiro atoms. The Morgan fingerprint density at radius 1 is 0.615 bits per heavy atom. The van der Waals surface area contributed by atoms with Gasteiger partial charge in [-0.3, -0.25) is 4.79 Å². The molecule has 7 rings (SSSR count). The molecule has 0 bridgehead atoms. The lowest BCUT2D eigenvalue weighted by atomic mass is 9.80. The maximum atomic E-state index is 13.7. The highest BCUT2D eigenvalue weighted by Gasteiger charge is 2.37. The van der Waals surface area contributed by atoms with Gasteiger partial charge in [-0.15, -0.1) is 0 Å². The van der Waals surface area contributed by atoms with Crippen molar-refractivity contribution in [1.82, 2.24) is 0 Å². The summed E-state index contributed by atoms with van der Waals surface area (Å²) < 4.78 is 2.34. The summed E-state index contributed by atoms with van der Waals surface area (Å²) in [6, 6.07) is 42.1. The molecule has 0 heterocycles. The summed E-state index contributed by atoms with van der Waals surface area (Å²) in [6.45, 7) is 12.9. The lowest BCUT2D eigenvalue weighted by Gasteiger charge is -2.33. The van der Waals surface area contributed by atoms with Gasteiger partial charge < -0.3 is 10.0 Å². The van der Waals surface area contributed by atoms with Gasteiger partial charge in [0.1, 0.15) is 5.76 Å². The van der Waals surface area contributed by atoms with Crippen molar-refractivity contribution in [3.05, 3.63) is 201 Å². The van der Waals surface area contributed by atoms with Crippen molar-refractivity contribution in [2.75, 3.05) is 4.90 Å². The van der Waals surface area contributed by atoms with Crippen LogP contribution in [0.15, 0.2) is 163 Å². The van der Waals surface area contributed by atoms with Crippen molar-refractivity contribution in [2.24, 2.45) is 0 Å². The third-order valence-corrected chi connectivity index (χ3v) is 10.4. The van der Waals surface area contributed by atoms with Crippen LogP contribution in [0.25, 0.3) is 5.57 Å². The minimum Gasteiger partial charge on any atom is -0.506 e. The lowest BCUT2D eigenvalue weighted by Crippen LogP contribution is -2.24. The molecule has 0 aromatic heterocycles. The second-order valence-electron chi connectivity index (χ2n) is 14.0. The molecular weight excluding hydrogens is 637 g/mol. The number of rotatable bonds is 8. The van der Waals surface area contributed by atoms with Crippen LogP contribution >= 0.6 is 0 Å². The van der Waals surface area contributed by atoms with E-state index >= 15 is 0 Å². The maximum absolute atomic E-state index is 13.7. The first-order valence-electron chi connectivity index (χ1n) is 18.0. The first kappa shape index (κ1) is 34.4. The van der Waals surface area contributed by atoms with Crippen molar-refractivity contribution < 1.29 is 14.5 Å². The largest absolute Gasteiger partial charge is 0.506 e. The maximum Gasteiger partial charge on any atom is 0.209 e. The van der Waals surface area contributed by atoms with E-state index in [4.69, 9.17) is 0 Å². The van der Waals surface area contributed by atoms with Crippen molar-refractivity contribution >= 4 is 34.1 Å². The van der Waals surface area contributed by atoms with E-state index in [1.165, 1.54) is 33.4 Å². The van der Waals surface area contributed by atoms with Crippen LogP contribution in [-0.2, 0) is 4.79 Å². The summed E-state index contributed by atoms with van der Waals surface area (Å²) in [5.41, 5.74) is 13.6. The van der Waals surface area contributed by atoms with Crippen LogP contribution in [0, 0.1) is 27.7 Å². The van der Waals surface area contributed by atoms with Crippen LogP contribution in [-0.4, -0.2) is 21.2 Å². The number of allylic oxidation sites excluding steroid dienone is 7. The standard InChI is InChI=1S/C48H44N2O2/c1-31-17-27-43(33(3)29-31)49(35(5)37-13-9-7-10-14-37)41-23-19-39(20-24-41)45-47(51)46(48(45)52)40-21-25-42(26-22-40)50(36(6)38-15-11-8-12-16-38)44-28-18-32(2)30-34(44)4/h7-30,35-36H,1-6H3/p+1. The Morgan fingerprint density at radius 2 is 1.19 bits per heavy atom. The van der Waals surface area contributed by atoms with Crippen molar-refractivity contribution in [3.63, 3.8) is 0 Å². The van der Waals surface area contributed by atoms with Gasteiger partial charge in [0.15, 0.2) is 6.04 Å². The topological polar surface area (TPSA) is 43.5 Å². The zero-order valence-electron chi connectivity index (χ0n) is 30.8. The van der Waals surface area contributed by atoms with Gasteiger partial charge in [-0.05, 0) is 93.3 Å². The smallest absolute Gasteiger partial charge is 0.209 e. The van der Waals surface area contributed by atoms with E-state index in [0.29, 0.717) is 22.3 Å². The number of hydrogen-bond acceptors (Lipinski definition) is 3. The van der Waals surface area contributed by atoms with Crippen LogP contribution in [0.1, 0.15) is 64.9 Å². The molecule has 0 fully saturated rings. The molecule has 0 aliphatic heterocycles. The van der Waals surface area contributed by atoms with E-state index in [1.54, 1.807) is 0 Å². The van der Waals surface area contributed by atoms with E-state index < -0.39 is 0 Å². The van der Waals surface area contributed by atoms with Gasteiger partial charge >= 0.3 is 0 Å². The van der Waals surface area contributed by atoms with Gasteiger partial charge in [0.25, 0.3) is 0 Å². The molecule has 258 valence electrons. The minimum absolute atomic E-state index is 0.0401. The quantitative estimate of drug-likeness (QED) is 0.131. The van der Waals surface area contributed by atoms with Gasteiger partial charge in [-0.2, -0.15) is 4.58 Å². The van der Waals surface area contributed by atoms with Gasteiger partial charge in [-0.1, -0.05) is 102 Å². The molecule has 0 radical (unpaired) electrons. The molecule has 0 amide bonds. The monoisotopic (exact) mass is 681 g/mol. The van der Waals surface area contributed by atoms with Crippen molar-refractivity contribution in [1.29, 1.82) is 0 Å². The molecule has 1 N–H and O–H groups in total. The summed E-state index contributed by atoms with van der Waals surface area (Å²) in [4.78, 5) is 16.1. The molecule has 5 aromatic carbocycles. The molecule has 4 nitrogen and oxygen atoms in total. The number of nitrogens with zero attached hydrogens (tertiary/aromatic N) is 2. The fourth-order valence-electron chi connectivity index (χ4n) is 7.57. The second-order valence-corrected chi connectivity index (χ2v) is 14.0. The van der Waals surface area contributed by atoms with E-state index in [9.17, 15) is 9.90 Å². The van der Waals surface area contributed by atoms with Crippen molar-refractivity contribution in [3.8, 4) is 0 Å². The summed E-state index contributed by atoms with van der Waals surface area (Å²) in [6.07, 6.45) is 7.98. The molecule has 2 aliphatic rings. The Bertz CT molecular complexity index is 2310. The zero-order chi connectivity index (χ0) is 36.5. The fraction of sp³-hybridized carbons (Fsp3) is 0.167. The number of aliphatic hydroxyl groups excluding tert-OH is 1. The molecule has 0 saturated heterocycles. The number of Topliss-reactive ketones (excluding diaryl/α,β-unsaturated/α-hetero) is 1. The predicted octanol–water partition coefficient (Wildman–Crippen LogP) is 11.6. The Morgan fingerprint density at radius 3 is 1.77 bits per heavy atom. The first-order valence-corrected chi connectivity index (χ1v) is 18.0. The van der Waals surface area contributed by atoms with E-state index in [-0.39, 0.29) is 23.6 Å². The highest BCUT2D eigenvalue weighted by Crippen LogP contribution is 2.42. The summed E-state index contributed by atoms with van der Waals surface area (Å²) in [5.74, 6) is -0.107. The number of anilines is 2. The number of aliphatic hydroxyl groups is 1. The van der Waals surface area contributed by atoms with Crippen LogP contribution in [0.2, 0.25) is 0 Å². The molecule has 2 aliphatic carbocycles. The van der Waals surface area contributed by atoms with Gasteiger partial charge in [0.05, 0.1) is 17.2 Å². The predicted molar refractivity (Wildman–Crippen MR) is 215 cm³/mol. The molecular formula is C48H45N2O2+. The summed E-state index contributed by atoms with van der Waals surface area (Å²) >= 11 is 0. The number of carbonyl (C=O) groups excluding carboxylic acids is 1. The van der Waals surface area contributed by atoms with Gasteiger partial charge in [0.2, 0.25) is 17.2 Å². The third-order valence-electron chi connectivity index (χ3n) is 10.4. The summed E-state index contributed by atoms with van der Waals surface area (Å²) in [7, 11) is 0. The van der Waals surface area contributed by atoms with E-state index in [0.717, 1.165) is 22.8 Å². The normalized spacial score (nSPS) is 15.1. The van der Waals surface area contributed by atoms with Crippen LogP contribution in [0.4, 0.5) is 17.1 Å². The number of aryl methyl sites for hydroxylation is 4. The number of hydrogen-bond donors (Lipinski definition) is 1.